The molecule has 140 valence electrons. The van der Waals surface area contributed by atoms with E-state index in [9.17, 15) is 19.5 Å². The number of carboxylic acids is 1. The molecule has 2 rings (SSSR count). The van der Waals surface area contributed by atoms with Crippen molar-refractivity contribution in [3.63, 3.8) is 0 Å². The lowest BCUT2D eigenvalue weighted by Gasteiger charge is -2.28. The van der Waals surface area contributed by atoms with Gasteiger partial charge in [-0.2, -0.15) is 0 Å². The summed E-state index contributed by atoms with van der Waals surface area (Å²) >= 11 is 0. The number of amides is 1. The Kier molecular flexibility index (Phi) is 5.86. The molecule has 1 aromatic carbocycles. The summed E-state index contributed by atoms with van der Waals surface area (Å²) in [5, 5.41) is 12.6. The van der Waals surface area contributed by atoms with Crippen LogP contribution < -0.4 is 10.1 Å². The van der Waals surface area contributed by atoms with Crippen molar-refractivity contribution < 1.29 is 29.0 Å². The number of para-hydroxylation sites is 1. The first kappa shape index (κ1) is 19.3. The quantitative estimate of drug-likeness (QED) is 0.354. The summed E-state index contributed by atoms with van der Waals surface area (Å²) in [5.74, 6) is -1.92. The van der Waals surface area contributed by atoms with E-state index in [-0.39, 0.29) is 12.8 Å². The van der Waals surface area contributed by atoms with Gasteiger partial charge in [0.05, 0.1) is 18.7 Å². The number of ether oxygens (including phenoxy) is 2. The zero-order valence-electron chi connectivity index (χ0n) is 14.9. The van der Waals surface area contributed by atoms with Gasteiger partial charge in [-0.3, -0.25) is 4.79 Å². The predicted octanol–water partition coefficient (Wildman–Crippen LogP) is 1.63. The molecule has 0 aliphatic heterocycles. The van der Waals surface area contributed by atoms with E-state index in [2.05, 4.69) is 10.3 Å². The van der Waals surface area contributed by atoms with E-state index in [4.69, 9.17) is 9.47 Å². The maximum Gasteiger partial charge on any atom is 0.344 e. The van der Waals surface area contributed by atoms with Gasteiger partial charge in [0.1, 0.15) is 5.75 Å². The normalized spacial score (nSPS) is 14.3. The lowest BCUT2D eigenvalue weighted by Crippen LogP contribution is -2.60. The number of carbonyl (C=O) groups is 3. The summed E-state index contributed by atoms with van der Waals surface area (Å²) in [5.41, 5.74) is -1.01. The number of rotatable bonds is 9. The van der Waals surface area contributed by atoms with Crippen LogP contribution in [0, 0.1) is 0 Å². The topological polar surface area (TPSA) is 118 Å². The Morgan fingerprint density at radius 1 is 1.42 bits per heavy atom. The highest BCUT2D eigenvalue weighted by atomic mass is 16.5. The minimum absolute atomic E-state index is 0.196. The van der Waals surface area contributed by atoms with Gasteiger partial charge in [-0.1, -0.05) is 19.1 Å². The molecule has 2 atom stereocenters. The molecule has 0 aliphatic rings. The Bertz CT molecular complexity index is 815. The van der Waals surface area contributed by atoms with Crippen molar-refractivity contribution in [3.05, 3.63) is 30.0 Å². The van der Waals surface area contributed by atoms with Crippen LogP contribution in [-0.4, -0.2) is 47.2 Å². The van der Waals surface area contributed by atoms with E-state index in [1.807, 2.05) is 0 Å². The smallest absolute Gasteiger partial charge is 0.344 e. The average Bonchev–Trinajstić information content (AvgIpc) is 3.03. The zero-order valence-corrected chi connectivity index (χ0v) is 14.9. The fourth-order valence-corrected chi connectivity index (χ4v) is 2.66. The second-order valence-corrected chi connectivity index (χ2v) is 5.97. The van der Waals surface area contributed by atoms with Gasteiger partial charge in [0, 0.05) is 18.0 Å². The molecule has 0 fully saturated rings. The zero-order chi connectivity index (χ0) is 19.3. The molecule has 3 N–H and O–H groups in total. The first-order valence-electron chi connectivity index (χ1n) is 8.18. The van der Waals surface area contributed by atoms with E-state index < -0.39 is 23.6 Å². The number of nitrogens with one attached hydrogen (secondary N) is 2. The average molecular weight is 362 g/mol. The van der Waals surface area contributed by atoms with Gasteiger partial charge >= 0.3 is 11.9 Å². The number of carboxylic acid groups (broad SMARTS) is 1. The molecule has 0 aliphatic carbocycles. The lowest BCUT2D eigenvalue weighted by molar-refractivity contribution is -0.167. The number of H-pyrrole nitrogens is 1. The molecule has 0 saturated heterocycles. The molecule has 8 heteroatoms. The number of hydrogen-bond acceptors (Lipinski definition) is 5. The van der Waals surface area contributed by atoms with E-state index in [1.165, 1.54) is 7.11 Å². The molecule has 2 aromatic rings. The van der Waals surface area contributed by atoms with Crippen LogP contribution in [-0.2, 0) is 25.5 Å². The van der Waals surface area contributed by atoms with E-state index >= 15 is 0 Å². The second kappa shape index (κ2) is 7.90. The maximum absolute atomic E-state index is 12.6. The monoisotopic (exact) mass is 362 g/mol. The van der Waals surface area contributed by atoms with Crippen LogP contribution in [0.4, 0.5) is 0 Å². The van der Waals surface area contributed by atoms with Crippen molar-refractivity contribution in [2.45, 2.75) is 38.3 Å². The van der Waals surface area contributed by atoms with Gasteiger partial charge in [0.2, 0.25) is 11.9 Å². The Morgan fingerprint density at radius 2 is 2.15 bits per heavy atom. The van der Waals surface area contributed by atoms with Crippen LogP contribution in [0.3, 0.4) is 0 Å². The number of aliphatic carboxylic acids is 1. The van der Waals surface area contributed by atoms with Crippen molar-refractivity contribution in [2.24, 2.45) is 0 Å². The van der Waals surface area contributed by atoms with Crippen LogP contribution in [0.25, 0.3) is 10.9 Å². The Labute approximate surface area is 150 Å². The standard InChI is InChI=1S/C18H22N2O6/c1-4-11(2)26-17(24)18(16(22)23,20-10-21)8-12-9-19-15-13(12)6-5-7-14(15)25-3/h5-7,9-11,19H,4,8H2,1-3H3,(H,20,21)(H,22,23). The number of benzene rings is 1. The van der Waals surface area contributed by atoms with E-state index in [0.29, 0.717) is 28.6 Å². The highest BCUT2D eigenvalue weighted by Gasteiger charge is 2.49. The molecule has 8 nitrogen and oxygen atoms in total. The maximum atomic E-state index is 12.6. The van der Waals surface area contributed by atoms with Crippen LogP contribution in [0.5, 0.6) is 5.75 Å². The van der Waals surface area contributed by atoms with Gasteiger partial charge in [-0.25, -0.2) is 9.59 Å². The second-order valence-electron chi connectivity index (χ2n) is 5.97. The number of aromatic nitrogens is 1. The SMILES string of the molecule is CCC(C)OC(=O)C(Cc1c[nH]c2c(OC)cccc12)(NC=O)C(=O)O. The summed E-state index contributed by atoms with van der Waals surface area (Å²) in [6.45, 7) is 3.46. The van der Waals surface area contributed by atoms with Crippen molar-refractivity contribution in [1.29, 1.82) is 0 Å². The number of methoxy groups -OCH3 is 1. The summed E-state index contributed by atoms with van der Waals surface area (Å²) in [7, 11) is 1.52. The highest BCUT2D eigenvalue weighted by Crippen LogP contribution is 2.29. The molecule has 2 unspecified atom stereocenters. The van der Waals surface area contributed by atoms with Crippen molar-refractivity contribution in [2.75, 3.05) is 7.11 Å². The van der Waals surface area contributed by atoms with Gasteiger partial charge in [-0.05, 0) is 25.0 Å². The van der Waals surface area contributed by atoms with Crippen molar-refractivity contribution in [1.82, 2.24) is 10.3 Å². The molecule has 26 heavy (non-hydrogen) atoms. The first-order valence-corrected chi connectivity index (χ1v) is 8.18. The summed E-state index contributed by atoms with van der Waals surface area (Å²) < 4.78 is 10.5. The third-order valence-electron chi connectivity index (χ3n) is 4.34. The summed E-state index contributed by atoms with van der Waals surface area (Å²) in [6, 6.07) is 5.29. The van der Waals surface area contributed by atoms with Gasteiger partial charge in [0.25, 0.3) is 0 Å². The van der Waals surface area contributed by atoms with Gasteiger partial charge < -0.3 is 24.9 Å². The van der Waals surface area contributed by atoms with Crippen LogP contribution in [0.15, 0.2) is 24.4 Å². The number of aromatic amines is 1. The number of esters is 1. The Morgan fingerprint density at radius 3 is 2.73 bits per heavy atom. The third-order valence-corrected chi connectivity index (χ3v) is 4.34. The number of carbonyl (C=O) groups excluding carboxylic acids is 2. The third kappa shape index (κ3) is 3.49. The van der Waals surface area contributed by atoms with Gasteiger partial charge in [-0.15, -0.1) is 0 Å². The molecular weight excluding hydrogens is 340 g/mol. The molecule has 0 spiro atoms. The van der Waals surface area contributed by atoms with Crippen LogP contribution in [0.1, 0.15) is 25.8 Å². The van der Waals surface area contributed by atoms with E-state index in [0.717, 1.165) is 0 Å². The van der Waals surface area contributed by atoms with Crippen LogP contribution >= 0.6 is 0 Å². The van der Waals surface area contributed by atoms with Crippen molar-refractivity contribution >= 4 is 29.3 Å². The molecule has 0 saturated carbocycles. The Hall–Kier alpha value is -3.03. The lowest BCUT2D eigenvalue weighted by atomic mass is 9.90. The highest BCUT2D eigenvalue weighted by molar-refractivity contribution is 6.06. The fraction of sp³-hybridized carbons (Fsp3) is 0.389. The number of hydrogen-bond donors (Lipinski definition) is 3. The predicted molar refractivity (Wildman–Crippen MR) is 94.0 cm³/mol. The van der Waals surface area contributed by atoms with Gasteiger partial charge in [0.15, 0.2) is 0 Å². The molecule has 1 aromatic heterocycles. The fourth-order valence-electron chi connectivity index (χ4n) is 2.66. The van der Waals surface area contributed by atoms with Crippen LogP contribution in [0.2, 0.25) is 0 Å². The molecule has 0 radical (unpaired) electrons. The first-order chi connectivity index (χ1) is 12.4. The summed E-state index contributed by atoms with van der Waals surface area (Å²) in [4.78, 5) is 38.6. The Balaban J connectivity index is 2.49. The molecule has 0 bridgehead atoms. The minimum atomic E-state index is -2.22. The summed E-state index contributed by atoms with van der Waals surface area (Å²) in [6.07, 6.45) is 1.56. The molecule has 1 amide bonds. The molecular formula is C18H22N2O6. The number of fused-ring (bicyclic) bond motifs is 1. The van der Waals surface area contributed by atoms with Crippen molar-refractivity contribution in [3.8, 4) is 5.75 Å². The minimum Gasteiger partial charge on any atom is -0.495 e. The largest absolute Gasteiger partial charge is 0.495 e. The van der Waals surface area contributed by atoms with E-state index in [1.54, 1.807) is 38.2 Å². The molecule has 1 heterocycles.